The lowest BCUT2D eigenvalue weighted by molar-refractivity contribution is 0.321. The van der Waals surface area contributed by atoms with Crippen LogP contribution in [0.2, 0.25) is 5.02 Å². The van der Waals surface area contributed by atoms with Crippen LogP contribution in [0.3, 0.4) is 0 Å². The van der Waals surface area contributed by atoms with Crippen molar-refractivity contribution in [3.8, 4) is 0 Å². The Morgan fingerprint density at radius 3 is 2.41 bits per heavy atom. The molecule has 29 heavy (non-hydrogen) atoms. The first-order valence-electron chi connectivity index (χ1n) is 9.63. The molecular weight excluding hydrogens is 418 g/mol. The fraction of sp³-hybridized carbons (Fsp3) is 0.217. The Hall–Kier alpha value is -1.95. The molecule has 146 valence electrons. The van der Waals surface area contributed by atoms with Gasteiger partial charge in [0.15, 0.2) is 5.17 Å². The van der Waals surface area contributed by atoms with Gasteiger partial charge < -0.3 is 4.90 Å². The molecule has 5 rings (SSSR count). The standard InChI is InChI=1S/C23H20ClN3S2/c1-15-14-27-22(21(26-23(27)28-15)20-4-2-3-13-25-20)16-5-9-18(10-6-16)29-19-11-7-17(24)8-12-19/h2-13,15,21-22H,14H2,1H3/t15-,21+,22-/m1/s1. The lowest BCUT2D eigenvalue weighted by Crippen LogP contribution is -2.28. The number of aromatic nitrogens is 1. The van der Waals surface area contributed by atoms with Gasteiger partial charge in [0.05, 0.1) is 11.7 Å². The Labute approximate surface area is 184 Å². The summed E-state index contributed by atoms with van der Waals surface area (Å²) in [4.78, 5) is 14.5. The number of halogens is 1. The average Bonchev–Trinajstić information content (AvgIpc) is 3.27. The first kappa shape index (κ1) is 19.0. The zero-order valence-electron chi connectivity index (χ0n) is 15.9. The van der Waals surface area contributed by atoms with Crippen LogP contribution in [0, 0.1) is 0 Å². The molecule has 2 aliphatic rings. The number of aliphatic imine (C=N–C) groups is 1. The van der Waals surface area contributed by atoms with E-state index in [1.807, 2.05) is 42.2 Å². The first-order chi connectivity index (χ1) is 14.2. The molecule has 0 bridgehead atoms. The molecule has 0 saturated carbocycles. The largest absolute Gasteiger partial charge is 0.341 e. The van der Waals surface area contributed by atoms with E-state index in [4.69, 9.17) is 16.6 Å². The average molecular weight is 438 g/mol. The molecule has 0 spiro atoms. The summed E-state index contributed by atoms with van der Waals surface area (Å²) in [5.74, 6) is 0. The summed E-state index contributed by atoms with van der Waals surface area (Å²) in [5, 5.41) is 2.48. The first-order valence-corrected chi connectivity index (χ1v) is 11.7. The number of pyridine rings is 1. The number of rotatable bonds is 4. The molecule has 1 fully saturated rings. The maximum absolute atomic E-state index is 6.00. The van der Waals surface area contributed by atoms with Gasteiger partial charge in [0.1, 0.15) is 6.04 Å². The fourth-order valence-electron chi connectivity index (χ4n) is 3.85. The van der Waals surface area contributed by atoms with Crippen molar-refractivity contribution >= 4 is 40.3 Å². The number of hydrogen-bond donors (Lipinski definition) is 0. The summed E-state index contributed by atoms with van der Waals surface area (Å²) in [6.45, 7) is 3.29. The van der Waals surface area contributed by atoms with Crippen LogP contribution < -0.4 is 0 Å². The second-order valence-electron chi connectivity index (χ2n) is 7.26. The molecule has 3 aromatic rings. The van der Waals surface area contributed by atoms with Crippen LogP contribution in [0.25, 0.3) is 0 Å². The summed E-state index contributed by atoms with van der Waals surface area (Å²) in [5.41, 5.74) is 2.32. The van der Waals surface area contributed by atoms with Gasteiger partial charge in [-0.05, 0) is 54.1 Å². The topological polar surface area (TPSA) is 28.5 Å². The van der Waals surface area contributed by atoms with Crippen LogP contribution in [0.1, 0.15) is 30.3 Å². The summed E-state index contributed by atoms with van der Waals surface area (Å²) < 4.78 is 0. The Balaban J connectivity index is 1.42. The number of hydrogen-bond acceptors (Lipinski definition) is 5. The van der Waals surface area contributed by atoms with Gasteiger partial charge in [0.2, 0.25) is 0 Å². The lowest BCUT2D eigenvalue weighted by atomic mass is 9.96. The third-order valence-electron chi connectivity index (χ3n) is 5.15. The van der Waals surface area contributed by atoms with E-state index < -0.39 is 0 Å². The van der Waals surface area contributed by atoms with Crippen molar-refractivity contribution in [1.82, 2.24) is 9.88 Å². The second kappa shape index (κ2) is 8.05. The molecule has 2 aromatic carbocycles. The molecule has 3 atom stereocenters. The Morgan fingerprint density at radius 2 is 1.72 bits per heavy atom. The molecule has 3 nitrogen and oxygen atoms in total. The minimum Gasteiger partial charge on any atom is -0.341 e. The van der Waals surface area contributed by atoms with Gasteiger partial charge in [-0.3, -0.25) is 9.98 Å². The third kappa shape index (κ3) is 3.91. The van der Waals surface area contributed by atoms with E-state index in [-0.39, 0.29) is 12.1 Å². The van der Waals surface area contributed by atoms with Crippen LogP contribution in [0.15, 0.2) is 87.7 Å². The Bertz CT molecular complexity index is 1020. The minimum absolute atomic E-state index is 0.0426. The van der Waals surface area contributed by atoms with E-state index in [0.29, 0.717) is 5.25 Å². The van der Waals surface area contributed by atoms with Crippen LogP contribution in [-0.4, -0.2) is 26.8 Å². The Morgan fingerprint density at radius 1 is 1.00 bits per heavy atom. The molecule has 0 aliphatic carbocycles. The molecule has 1 saturated heterocycles. The van der Waals surface area contributed by atoms with E-state index in [1.165, 1.54) is 15.4 Å². The Kier molecular flexibility index (Phi) is 5.29. The van der Waals surface area contributed by atoms with Gasteiger partial charge in [0, 0.05) is 32.8 Å². The predicted molar refractivity (Wildman–Crippen MR) is 123 cm³/mol. The lowest BCUT2D eigenvalue weighted by Gasteiger charge is -2.27. The zero-order valence-corrected chi connectivity index (χ0v) is 18.3. The van der Waals surface area contributed by atoms with Crippen molar-refractivity contribution in [3.63, 3.8) is 0 Å². The van der Waals surface area contributed by atoms with Crippen LogP contribution in [0.4, 0.5) is 0 Å². The van der Waals surface area contributed by atoms with Gasteiger partial charge in [-0.15, -0.1) is 0 Å². The van der Waals surface area contributed by atoms with Crippen molar-refractivity contribution in [1.29, 1.82) is 0 Å². The highest BCUT2D eigenvalue weighted by Crippen LogP contribution is 2.47. The van der Waals surface area contributed by atoms with Crippen LogP contribution >= 0.6 is 35.1 Å². The van der Waals surface area contributed by atoms with Crippen molar-refractivity contribution in [2.75, 3.05) is 6.54 Å². The highest BCUT2D eigenvalue weighted by Gasteiger charge is 2.43. The minimum atomic E-state index is 0.0426. The molecular formula is C23H20ClN3S2. The molecule has 3 heterocycles. The van der Waals surface area contributed by atoms with Crippen molar-refractivity contribution in [2.24, 2.45) is 4.99 Å². The SMILES string of the molecule is C[C@@H]1CN2C(=N[C@@H](c3ccccn3)[C@H]2c2ccc(Sc3ccc(Cl)cc3)cc2)S1. The molecule has 2 aliphatic heterocycles. The van der Waals surface area contributed by atoms with Crippen molar-refractivity contribution in [2.45, 2.75) is 34.0 Å². The maximum Gasteiger partial charge on any atom is 0.160 e. The van der Waals surface area contributed by atoms with Crippen LogP contribution in [-0.2, 0) is 0 Å². The highest BCUT2D eigenvalue weighted by atomic mass is 35.5. The molecule has 0 unspecified atom stereocenters. The fourth-order valence-corrected chi connectivity index (χ4v) is 5.89. The molecule has 6 heteroatoms. The molecule has 0 N–H and O–H groups in total. The maximum atomic E-state index is 6.00. The van der Waals surface area contributed by atoms with E-state index in [1.54, 1.807) is 11.8 Å². The van der Waals surface area contributed by atoms with Crippen LogP contribution in [0.5, 0.6) is 0 Å². The van der Waals surface area contributed by atoms with E-state index in [0.717, 1.165) is 22.4 Å². The van der Waals surface area contributed by atoms with Gasteiger partial charge in [-0.25, -0.2) is 0 Å². The van der Waals surface area contributed by atoms with E-state index >= 15 is 0 Å². The third-order valence-corrected chi connectivity index (χ3v) is 7.52. The normalized spacial score (nSPS) is 23.2. The van der Waals surface area contributed by atoms with Gasteiger partial charge in [0.25, 0.3) is 0 Å². The van der Waals surface area contributed by atoms with Gasteiger partial charge in [-0.1, -0.05) is 60.2 Å². The molecule has 0 radical (unpaired) electrons. The number of thioether (sulfide) groups is 1. The van der Waals surface area contributed by atoms with Crippen molar-refractivity contribution < 1.29 is 0 Å². The number of nitrogens with zero attached hydrogens (tertiary/aromatic N) is 3. The zero-order chi connectivity index (χ0) is 19.8. The molecule has 1 aromatic heterocycles. The summed E-state index contributed by atoms with van der Waals surface area (Å²) in [6, 6.07) is 23.2. The number of fused-ring (bicyclic) bond motifs is 1. The number of amidine groups is 1. The predicted octanol–water partition coefficient (Wildman–Crippen LogP) is 6.48. The summed E-state index contributed by atoms with van der Waals surface area (Å²) in [6.07, 6.45) is 1.86. The smallest absolute Gasteiger partial charge is 0.160 e. The highest BCUT2D eigenvalue weighted by molar-refractivity contribution is 8.14. The van der Waals surface area contributed by atoms with Gasteiger partial charge in [-0.2, -0.15) is 0 Å². The van der Waals surface area contributed by atoms with Crippen molar-refractivity contribution in [3.05, 3.63) is 89.2 Å². The van der Waals surface area contributed by atoms with E-state index in [9.17, 15) is 0 Å². The number of benzene rings is 2. The summed E-state index contributed by atoms with van der Waals surface area (Å²) >= 11 is 9.61. The van der Waals surface area contributed by atoms with Gasteiger partial charge >= 0.3 is 0 Å². The van der Waals surface area contributed by atoms with E-state index in [2.05, 4.69) is 59.3 Å². The second-order valence-corrected chi connectivity index (χ2v) is 10.3. The quantitative estimate of drug-likeness (QED) is 0.467. The monoisotopic (exact) mass is 437 g/mol. The molecule has 0 amide bonds. The summed E-state index contributed by atoms with van der Waals surface area (Å²) in [7, 11) is 0.